The molecule has 0 aromatic heterocycles. The molecule has 0 aliphatic carbocycles. The van der Waals surface area contributed by atoms with Crippen LogP contribution in [0, 0.1) is 18.6 Å². The first-order valence-electron chi connectivity index (χ1n) is 12.4. The molecule has 7 nitrogen and oxygen atoms in total. The average molecular weight is 558 g/mol. The molecule has 39 heavy (non-hydrogen) atoms. The second kappa shape index (κ2) is 11.9. The molecule has 10 heteroatoms. The highest BCUT2D eigenvalue weighted by atomic mass is 32.2. The van der Waals surface area contributed by atoms with E-state index < -0.39 is 51.6 Å². The zero-order chi connectivity index (χ0) is 29.0. The topological polar surface area (TPSA) is 86.8 Å². The van der Waals surface area contributed by atoms with E-state index >= 15 is 0 Å². The SMILES string of the molecule is Cc1ccc(S(=O)(=O)N(CC(=O)N(Cc2ccccc2F)C(C)C(=O)NC(C)(C)C)c2ccccc2F)cc1. The highest BCUT2D eigenvalue weighted by Crippen LogP contribution is 2.27. The van der Waals surface area contributed by atoms with Crippen LogP contribution >= 0.6 is 0 Å². The zero-order valence-electron chi connectivity index (χ0n) is 22.6. The second-order valence-electron chi connectivity index (χ2n) is 10.3. The minimum Gasteiger partial charge on any atom is -0.350 e. The van der Waals surface area contributed by atoms with Crippen LogP contribution in [0.15, 0.2) is 77.7 Å². The number of anilines is 1. The van der Waals surface area contributed by atoms with Crippen molar-refractivity contribution in [2.75, 3.05) is 10.8 Å². The summed E-state index contributed by atoms with van der Waals surface area (Å²) in [7, 11) is -4.41. The number of carbonyl (C=O) groups excluding carboxylic acids is 2. The number of nitrogens with zero attached hydrogens (tertiary/aromatic N) is 2. The standard InChI is InChI=1S/C29H33F2N3O4S/c1-20-14-16-23(17-15-20)39(37,38)34(26-13-9-8-12-25(26)31)19-27(35)33(18-22-10-6-7-11-24(22)30)21(2)28(36)32-29(3,4)5/h6-17,21H,18-19H2,1-5H3,(H,32,36). The maximum Gasteiger partial charge on any atom is 0.264 e. The molecular formula is C29H33F2N3O4S. The lowest BCUT2D eigenvalue weighted by Gasteiger charge is -2.33. The van der Waals surface area contributed by atoms with Crippen LogP contribution in [0.25, 0.3) is 0 Å². The highest BCUT2D eigenvalue weighted by molar-refractivity contribution is 7.92. The van der Waals surface area contributed by atoms with Crippen LogP contribution in [0.1, 0.15) is 38.8 Å². The van der Waals surface area contributed by atoms with Gasteiger partial charge in [0.25, 0.3) is 10.0 Å². The largest absolute Gasteiger partial charge is 0.350 e. The second-order valence-corrected chi connectivity index (χ2v) is 12.2. The van der Waals surface area contributed by atoms with Crippen LogP contribution < -0.4 is 9.62 Å². The smallest absolute Gasteiger partial charge is 0.264 e. The van der Waals surface area contributed by atoms with Crippen molar-refractivity contribution in [3.63, 3.8) is 0 Å². The lowest BCUT2D eigenvalue weighted by atomic mass is 10.1. The summed E-state index contributed by atoms with van der Waals surface area (Å²) in [6.07, 6.45) is 0. The molecule has 1 unspecified atom stereocenters. The predicted molar refractivity (Wildman–Crippen MR) is 146 cm³/mol. The summed E-state index contributed by atoms with van der Waals surface area (Å²) < 4.78 is 57.6. The molecule has 3 rings (SSSR count). The Morgan fingerprint density at radius 1 is 0.897 bits per heavy atom. The number of rotatable bonds is 9. The molecule has 1 atom stereocenters. The van der Waals surface area contributed by atoms with Crippen molar-refractivity contribution in [3.8, 4) is 0 Å². The first kappa shape index (κ1) is 29.8. The molecule has 1 N–H and O–H groups in total. The summed E-state index contributed by atoms with van der Waals surface area (Å²) in [5.74, 6) is -2.75. The van der Waals surface area contributed by atoms with Gasteiger partial charge < -0.3 is 10.2 Å². The molecule has 2 amide bonds. The van der Waals surface area contributed by atoms with Gasteiger partial charge in [0, 0.05) is 17.6 Å². The lowest BCUT2D eigenvalue weighted by molar-refractivity contribution is -0.140. The fourth-order valence-electron chi connectivity index (χ4n) is 3.87. The van der Waals surface area contributed by atoms with Gasteiger partial charge >= 0.3 is 0 Å². The number of aryl methyl sites for hydroxylation is 1. The number of hydrogen-bond acceptors (Lipinski definition) is 4. The van der Waals surface area contributed by atoms with E-state index in [1.807, 2.05) is 0 Å². The van der Waals surface area contributed by atoms with E-state index in [1.54, 1.807) is 45.9 Å². The van der Waals surface area contributed by atoms with Crippen molar-refractivity contribution in [1.29, 1.82) is 0 Å². The first-order valence-corrected chi connectivity index (χ1v) is 13.8. The van der Waals surface area contributed by atoms with Gasteiger partial charge in [0.1, 0.15) is 24.2 Å². The Kier molecular flexibility index (Phi) is 9.11. The number of halogens is 2. The van der Waals surface area contributed by atoms with Gasteiger partial charge in [-0.05, 0) is 65.0 Å². The van der Waals surface area contributed by atoms with Gasteiger partial charge in [-0.25, -0.2) is 17.2 Å². The molecule has 0 saturated heterocycles. The third-order valence-corrected chi connectivity index (χ3v) is 7.75. The van der Waals surface area contributed by atoms with E-state index in [1.165, 1.54) is 55.5 Å². The minimum absolute atomic E-state index is 0.136. The Morgan fingerprint density at radius 3 is 2.03 bits per heavy atom. The number of benzene rings is 3. The predicted octanol–water partition coefficient (Wildman–Crippen LogP) is 4.80. The number of sulfonamides is 1. The van der Waals surface area contributed by atoms with E-state index in [2.05, 4.69) is 5.32 Å². The first-order chi connectivity index (χ1) is 18.2. The van der Waals surface area contributed by atoms with Crippen LogP contribution in [0.5, 0.6) is 0 Å². The molecule has 0 spiro atoms. The number of carbonyl (C=O) groups is 2. The molecule has 0 heterocycles. The van der Waals surface area contributed by atoms with E-state index in [-0.39, 0.29) is 22.7 Å². The van der Waals surface area contributed by atoms with Crippen molar-refractivity contribution in [2.24, 2.45) is 0 Å². The molecule has 0 bridgehead atoms. The van der Waals surface area contributed by atoms with Crippen molar-refractivity contribution >= 4 is 27.5 Å². The molecule has 0 saturated carbocycles. The molecule has 0 fully saturated rings. The van der Waals surface area contributed by atoms with E-state index in [0.717, 1.165) is 16.5 Å². The summed E-state index contributed by atoms with van der Waals surface area (Å²) in [6, 6.07) is 15.8. The quantitative estimate of drug-likeness (QED) is 0.410. The van der Waals surface area contributed by atoms with E-state index in [4.69, 9.17) is 0 Å². The van der Waals surface area contributed by atoms with E-state index in [0.29, 0.717) is 4.31 Å². The van der Waals surface area contributed by atoms with Crippen molar-refractivity contribution in [3.05, 3.63) is 95.6 Å². The fourth-order valence-corrected chi connectivity index (χ4v) is 5.29. The third-order valence-electron chi connectivity index (χ3n) is 5.97. The normalized spacial score (nSPS) is 12.5. The summed E-state index contributed by atoms with van der Waals surface area (Å²) >= 11 is 0. The van der Waals surface area contributed by atoms with Gasteiger partial charge in [-0.3, -0.25) is 13.9 Å². The number of para-hydroxylation sites is 1. The molecule has 0 radical (unpaired) electrons. The number of hydrogen-bond donors (Lipinski definition) is 1. The number of amides is 2. The molecule has 0 aliphatic rings. The van der Waals surface area contributed by atoms with Crippen LogP contribution in [-0.2, 0) is 26.2 Å². The van der Waals surface area contributed by atoms with Gasteiger partial charge in [0.15, 0.2) is 0 Å². The third kappa shape index (κ3) is 7.41. The Labute approximate surface area is 228 Å². The summed E-state index contributed by atoms with van der Waals surface area (Å²) in [6.45, 7) is 7.46. The van der Waals surface area contributed by atoms with Gasteiger partial charge in [0.05, 0.1) is 10.6 Å². The Balaban J connectivity index is 2.06. The summed E-state index contributed by atoms with van der Waals surface area (Å²) in [5, 5.41) is 2.79. The zero-order valence-corrected chi connectivity index (χ0v) is 23.4. The van der Waals surface area contributed by atoms with Crippen molar-refractivity contribution in [2.45, 2.75) is 57.6 Å². The van der Waals surface area contributed by atoms with Crippen molar-refractivity contribution in [1.82, 2.24) is 10.2 Å². The minimum atomic E-state index is -4.41. The molecule has 3 aromatic rings. The molecular weight excluding hydrogens is 524 g/mol. The van der Waals surface area contributed by atoms with Gasteiger partial charge in [-0.2, -0.15) is 0 Å². The van der Waals surface area contributed by atoms with Crippen LogP contribution in [0.4, 0.5) is 14.5 Å². The van der Waals surface area contributed by atoms with Gasteiger partial charge in [-0.1, -0.05) is 48.0 Å². The fraction of sp³-hybridized carbons (Fsp3) is 0.310. The highest BCUT2D eigenvalue weighted by Gasteiger charge is 2.34. The summed E-state index contributed by atoms with van der Waals surface area (Å²) in [5.41, 5.74) is 0.00726. The monoisotopic (exact) mass is 557 g/mol. The summed E-state index contributed by atoms with van der Waals surface area (Å²) in [4.78, 5) is 27.8. The Bertz CT molecular complexity index is 1440. The average Bonchev–Trinajstić information content (AvgIpc) is 2.86. The number of nitrogens with one attached hydrogen (secondary N) is 1. The maximum atomic E-state index is 14.9. The van der Waals surface area contributed by atoms with Crippen LogP contribution in [-0.4, -0.2) is 43.3 Å². The Morgan fingerprint density at radius 2 is 1.46 bits per heavy atom. The van der Waals surface area contributed by atoms with Gasteiger partial charge in [-0.15, -0.1) is 0 Å². The molecule has 3 aromatic carbocycles. The van der Waals surface area contributed by atoms with E-state index in [9.17, 15) is 26.8 Å². The van der Waals surface area contributed by atoms with Gasteiger partial charge in [0.2, 0.25) is 11.8 Å². The van der Waals surface area contributed by atoms with Crippen molar-refractivity contribution < 1.29 is 26.8 Å². The molecule has 208 valence electrons. The Hall–Kier alpha value is -3.79. The molecule has 0 aliphatic heterocycles. The van der Waals surface area contributed by atoms with Crippen LogP contribution in [0.3, 0.4) is 0 Å². The lowest BCUT2D eigenvalue weighted by Crippen LogP contribution is -2.54. The van der Waals surface area contributed by atoms with Crippen LogP contribution in [0.2, 0.25) is 0 Å². The maximum absolute atomic E-state index is 14.9.